The number of carboxylic acids is 1. The fourth-order valence-electron chi connectivity index (χ4n) is 4.23. The molecule has 3 heterocycles. The number of hydrogen-bond acceptors (Lipinski definition) is 7. The van der Waals surface area contributed by atoms with Crippen LogP contribution in [0.2, 0.25) is 5.02 Å². The van der Waals surface area contributed by atoms with Gasteiger partial charge in [0.05, 0.1) is 29.5 Å². The molecule has 1 amide bonds. The molecular formula is C27H25ClF4N4O5. The molecule has 0 bridgehead atoms. The van der Waals surface area contributed by atoms with Crippen LogP contribution >= 0.6 is 11.6 Å². The Morgan fingerprint density at radius 1 is 1.15 bits per heavy atom. The predicted molar refractivity (Wildman–Crippen MR) is 140 cm³/mol. The molecule has 0 aliphatic carbocycles. The lowest BCUT2D eigenvalue weighted by molar-refractivity contribution is -0.139. The molecule has 1 saturated heterocycles. The molecule has 1 aliphatic rings. The van der Waals surface area contributed by atoms with Gasteiger partial charge in [0, 0.05) is 50.2 Å². The molecule has 0 spiro atoms. The predicted octanol–water partition coefficient (Wildman–Crippen LogP) is 5.67. The highest BCUT2D eigenvalue weighted by Gasteiger charge is 2.37. The molecule has 1 fully saturated rings. The van der Waals surface area contributed by atoms with E-state index in [1.165, 1.54) is 24.5 Å². The van der Waals surface area contributed by atoms with Gasteiger partial charge < -0.3 is 19.5 Å². The molecule has 1 N–H and O–H groups in total. The zero-order valence-electron chi connectivity index (χ0n) is 21.9. The molecule has 0 saturated carbocycles. The second kappa shape index (κ2) is 12.4. The number of morpholine rings is 1. The minimum absolute atomic E-state index is 0.0867. The first-order chi connectivity index (χ1) is 19.3. The lowest BCUT2D eigenvalue weighted by Crippen LogP contribution is -2.38. The van der Waals surface area contributed by atoms with E-state index in [0.29, 0.717) is 38.4 Å². The number of anilines is 1. The number of carboxylic acid groups (broad SMARTS) is 1. The smallest absolute Gasteiger partial charge is 0.421 e. The Kier molecular flexibility index (Phi) is 9.10. The highest BCUT2D eigenvalue weighted by molar-refractivity contribution is 6.30. The summed E-state index contributed by atoms with van der Waals surface area (Å²) in [6.45, 7) is 5.32. The lowest BCUT2D eigenvalue weighted by atomic mass is 10.1. The number of aromatic nitrogens is 2. The summed E-state index contributed by atoms with van der Waals surface area (Å²) in [5, 5.41) is 10.1. The Bertz CT molecular complexity index is 1430. The van der Waals surface area contributed by atoms with Gasteiger partial charge in [0.25, 0.3) is 5.91 Å². The molecule has 2 aromatic heterocycles. The summed E-state index contributed by atoms with van der Waals surface area (Å²) in [5.41, 5.74) is -2.01. The number of aromatic carboxylic acids is 1. The fourth-order valence-corrected chi connectivity index (χ4v) is 4.34. The second-order valence-corrected chi connectivity index (χ2v) is 9.86. The van der Waals surface area contributed by atoms with Crippen molar-refractivity contribution in [1.29, 1.82) is 0 Å². The molecule has 3 aromatic rings. The standard InChI is InChI=1S/C27H25ClF4N4O5/c1-15(2)36(25(37)21-4-3-17(28)13-33-21)22-11-20(29)23(10-18(22)26(38)39)41-24-19(27(30,31)32)9-16(12-34-24)14-35-5-7-40-8-6-35/h3-4,9-13,15H,5-8,14H2,1-2H3,(H,38,39). The van der Waals surface area contributed by atoms with Crippen LogP contribution in [0, 0.1) is 5.82 Å². The fraction of sp³-hybridized carbons (Fsp3) is 0.333. The maximum absolute atomic E-state index is 15.3. The first kappa shape index (κ1) is 30.2. The second-order valence-electron chi connectivity index (χ2n) is 9.42. The van der Waals surface area contributed by atoms with Gasteiger partial charge in [-0.25, -0.2) is 19.2 Å². The summed E-state index contributed by atoms with van der Waals surface area (Å²) in [5.74, 6) is -5.29. The van der Waals surface area contributed by atoms with Crippen molar-refractivity contribution >= 4 is 29.2 Å². The van der Waals surface area contributed by atoms with Gasteiger partial charge in [-0.1, -0.05) is 11.6 Å². The van der Waals surface area contributed by atoms with Crippen molar-refractivity contribution in [3.8, 4) is 11.6 Å². The van der Waals surface area contributed by atoms with Gasteiger partial charge >= 0.3 is 12.1 Å². The van der Waals surface area contributed by atoms with E-state index in [-0.39, 0.29) is 28.5 Å². The molecule has 0 atom stereocenters. The summed E-state index contributed by atoms with van der Waals surface area (Å²) < 4.78 is 67.6. The molecular weight excluding hydrogens is 572 g/mol. The normalized spacial score (nSPS) is 14.2. The minimum Gasteiger partial charge on any atom is -0.478 e. The summed E-state index contributed by atoms with van der Waals surface area (Å²) in [4.78, 5) is 36.0. The third-order valence-corrected chi connectivity index (χ3v) is 6.38. The zero-order chi connectivity index (χ0) is 29.9. The number of hydrogen-bond donors (Lipinski definition) is 1. The third-order valence-electron chi connectivity index (χ3n) is 6.15. The number of halogens is 5. The van der Waals surface area contributed by atoms with Crippen LogP contribution in [0.3, 0.4) is 0 Å². The van der Waals surface area contributed by atoms with E-state index in [9.17, 15) is 27.9 Å². The van der Waals surface area contributed by atoms with Gasteiger partial charge in [-0.05, 0) is 37.6 Å². The van der Waals surface area contributed by atoms with Crippen molar-refractivity contribution in [2.45, 2.75) is 32.6 Å². The minimum atomic E-state index is -4.90. The largest absolute Gasteiger partial charge is 0.478 e. The molecule has 41 heavy (non-hydrogen) atoms. The van der Waals surface area contributed by atoms with Crippen LogP contribution < -0.4 is 9.64 Å². The number of nitrogens with zero attached hydrogens (tertiary/aromatic N) is 4. The molecule has 14 heteroatoms. The van der Waals surface area contributed by atoms with Crippen LogP contribution in [-0.4, -0.2) is 64.2 Å². The molecule has 0 unspecified atom stereocenters. The molecule has 1 aromatic carbocycles. The van der Waals surface area contributed by atoms with Crippen LogP contribution in [0.5, 0.6) is 11.6 Å². The van der Waals surface area contributed by atoms with E-state index < -0.39 is 52.7 Å². The first-order valence-corrected chi connectivity index (χ1v) is 12.8. The van der Waals surface area contributed by atoms with Crippen molar-refractivity contribution in [1.82, 2.24) is 14.9 Å². The Morgan fingerprint density at radius 2 is 1.85 bits per heavy atom. The van der Waals surface area contributed by atoms with Crippen LogP contribution in [0.1, 0.15) is 45.8 Å². The molecule has 1 aliphatic heterocycles. The number of rotatable bonds is 8. The van der Waals surface area contributed by atoms with Gasteiger partial charge in [0.15, 0.2) is 11.6 Å². The number of benzene rings is 1. The molecule has 0 radical (unpaired) electrons. The van der Waals surface area contributed by atoms with Gasteiger partial charge in [-0.3, -0.25) is 9.69 Å². The number of carbonyl (C=O) groups excluding carboxylic acids is 1. The van der Waals surface area contributed by atoms with E-state index in [2.05, 4.69) is 9.97 Å². The Morgan fingerprint density at radius 3 is 2.44 bits per heavy atom. The third kappa shape index (κ3) is 7.10. The number of pyridine rings is 2. The van der Waals surface area contributed by atoms with E-state index in [4.69, 9.17) is 21.1 Å². The molecule has 9 nitrogen and oxygen atoms in total. The van der Waals surface area contributed by atoms with Gasteiger partial charge in [-0.15, -0.1) is 0 Å². The van der Waals surface area contributed by atoms with Crippen LogP contribution in [0.25, 0.3) is 0 Å². The van der Waals surface area contributed by atoms with E-state index >= 15 is 4.39 Å². The van der Waals surface area contributed by atoms with Crippen molar-refractivity contribution in [3.05, 3.63) is 75.9 Å². The van der Waals surface area contributed by atoms with E-state index in [0.717, 1.165) is 11.0 Å². The van der Waals surface area contributed by atoms with Crippen molar-refractivity contribution in [2.24, 2.45) is 0 Å². The SMILES string of the molecule is CC(C)N(C(=O)c1ccc(Cl)cn1)c1cc(F)c(Oc2ncc(CN3CCOCC3)cc2C(F)(F)F)cc1C(=O)O. The quantitative estimate of drug-likeness (QED) is 0.332. The van der Waals surface area contributed by atoms with E-state index in [1.807, 2.05) is 4.90 Å². The maximum Gasteiger partial charge on any atom is 0.421 e. The highest BCUT2D eigenvalue weighted by atomic mass is 35.5. The molecule has 4 rings (SSSR count). The Hall–Kier alpha value is -3.81. The Balaban J connectivity index is 1.71. The summed E-state index contributed by atoms with van der Waals surface area (Å²) in [6, 6.07) is 4.36. The lowest BCUT2D eigenvalue weighted by Gasteiger charge is -2.28. The maximum atomic E-state index is 15.3. The number of carbonyl (C=O) groups is 2. The topological polar surface area (TPSA) is 105 Å². The molecule has 218 valence electrons. The van der Waals surface area contributed by atoms with Crippen molar-refractivity contribution < 1.29 is 41.7 Å². The van der Waals surface area contributed by atoms with Gasteiger partial charge in [0.1, 0.15) is 11.3 Å². The van der Waals surface area contributed by atoms with Crippen LogP contribution in [0.4, 0.5) is 23.2 Å². The van der Waals surface area contributed by atoms with Crippen molar-refractivity contribution in [2.75, 3.05) is 31.2 Å². The van der Waals surface area contributed by atoms with Crippen LogP contribution in [-0.2, 0) is 17.5 Å². The van der Waals surface area contributed by atoms with Gasteiger partial charge in [0.2, 0.25) is 5.88 Å². The summed E-state index contributed by atoms with van der Waals surface area (Å²) in [6.07, 6.45) is -2.50. The highest BCUT2D eigenvalue weighted by Crippen LogP contribution is 2.39. The average Bonchev–Trinajstić information content (AvgIpc) is 2.91. The average molecular weight is 597 g/mol. The van der Waals surface area contributed by atoms with Crippen molar-refractivity contribution in [3.63, 3.8) is 0 Å². The monoisotopic (exact) mass is 596 g/mol. The number of ether oxygens (including phenoxy) is 2. The van der Waals surface area contributed by atoms with Crippen LogP contribution in [0.15, 0.2) is 42.7 Å². The van der Waals surface area contributed by atoms with Gasteiger partial charge in [-0.2, -0.15) is 13.2 Å². The number of alkyl halides is 3. The Labute approximate surface area is 237 Å². The summed E-state index contributed by atoms with van der Waals surface area (Å²) >= 11 is 5.83. The first-order valence-electron chi connectivity index (χ1n) is 12.4. The zero-order valence-corrected chi connectivity index (χ0v) is 22.7. The van der Waals surface area contributed by atoms with E-state index in [1.54, 1.807) is 13.8 Å². The number of amides is 1. The summed E-state index contributed by atoms with van der Waals surface area (Å²) in [7, 11) is 0.